The van der Waals surface area contributed by atoms with Crippen LogP contribution >= 0.6 is 0 Å². The van der Waals surface area contributed by atoms with Crippen molar-refractivity contribution >= 4 is 40.3 Å². The summed E-state index contributed by atoms with van der Waals surface area (Å²) < 4.78 is 7.58. The molecule has 3 nitrogen and oxygen atoms in total. The summed E-state index contributed by atoms with van der Waals surface area (Å²) in [5, 5.41) is 13.6. The number of benzene rings is 4. The molecule has 26 heavy (non-hydrogen) atoms. The molecule has 0 saturated heterocycles. The van der Waals surface area contributed by atoms with Gasteiger partial charge in [-0.15, -0.1) is 0 Å². The molecule has 0 fully saturated rings. The van der Waals surface area contributed by atoms with E-state index in [0.29, 0.717) is 5.75 Å². The van der Waals surface area contributed by atoms with Gasteiger partial charge >= 0.3 is 7.69 Å². The number of hydrogen-bond acceptors (Lipinski definition) is 2. The lowest BCUT2D eigenvalue weighted by molar-refractivity contribution is 0.456. The van der Waals surface area contributed by atoms with Crippen LogP contribution in [0.3, 0.4) is 0 Å². The highest BCUT2D eigenvalue weighted by Gasteiger charge is 2.14. The monoisotopic (exact) mass is 336 g/mol. The quantitative estimate of drug-likeness (QED) is 0.478. The van der Waals surface area contributed by atoms with Crippen LogP contribution in [0.4, 0.5) is 0 Å². The van der Waals surface area contributed by atoms with Crippen LogP contribution in [-0.2, 0) is 0 Å². The molecule has 4 aromatic carbocycles. The highest BCUT2D eigenvalue weighted by molar-refractivity contribution is 6.18. The van der Waals surface area contributed by atoms with E-state index in [-0.39, 0.29) is 0 Å². The Hall–Kier alpha value is -3.24. The van der Waals surface area contributed by atoms with Crippen molar-refractivity contribution in [2.45, 2.75) is 0 Å². The van der Waals surface area contributed by atoms with Crippen molar-refractivity contribution < 1.29 is 9.68 Å². The van der Waals surface area contributed by atoms with E-state index in [1.165, 1.54) is 21.8 Å². The summed E-state index contributed by atoms with van der Waals surface area (Å²) in [6, 6.07) is 28.9. The Kier molecular flexibility index (Phi) is 3.44. The van der Waals surface area contributed by atoms with Gasteiger partial charge < -0.3 is 14.2 Å². The molecule has 0 bridgehead atoms. The van der Waals surface area contributed by atoms with E-state index >= 15 is 0 Å². The SMILES string of the molecule is O[B]Oc1ccc(-n2c3ccccc3c3ccccc32)c2ccccc12. The van der Waals surface area contributed by atoms with Crippen LogP contribution in [0.5, 0.6) is 5.75 Å². The third kappa shape index (κ3) is 2.13. The molecule has 5 rings (SSSR count). The number of aromatic nitrogens is 1. The zero-order valence-corrected chi connectivity index (χ0v) is 14.0. The molecule has 1 radical (unpaired) electrons. The van der Waals surface area contributed by atoms with Crippen LogP contribution in [0.25, 0.3) is 38.3 Å². The molecule has 4 heteroatoms. The number of rotatable bonds is 3. The van der Waals surface area contributed by atoms with Crippen LogP contribution in [-0.4, -0.2) is 17.3 Å². The normalized spacial score (nSPS) is 11.3. The van der Waals surface area contributed by atoms with Crippen molar-refractivity contribution in [1.82, 2.24) is 4.57 Å². The molecule has 0 amide bonds. The first-order chi connectivity index (χ1) is 12.9. The average Bonchev–Trinajstić information content (AvgIpc) is 3.03. The average molecular weight is 336 g/mol. The minimum absolute atomic E-state index is 0.632. The van der Waals surface area contributed by atoms with E-state index in [0.717, 1.165) is 24.1 Å². The van der Waals surface area contributed by atoms with Crippen LogP contribution in [0, 0.1) is 0 Å². The largest absolute Gasteiger partial charge is 0.569 e. The summed E-state index contributed by atoms with van der Waals surface area (Å²) >= 11 is 0. The summed E-state index contributed by atoms with van der Waals surface area (Å²) in [6.45, 7) is 0. The molecule has 0 aliphatic heterocycles. The van der Waals surface area contributed by atoms with Crippen LogP contribution in [0.15, 0.2) is 84.9 Å². The van der Waals surface area contributed by atoms with E-state index in [4.69, 9.17) is 9.68 Å². The fourth-order valence-electron chi connectivity index (χ4n) is 3.79. The van der Waals surface area contributed by atoms with Gasteiger partial charge in [-0.25, -0.2) is 0 Å². The van der Waals surface area contributed by atoms with E-state index in [2.05, 4.69) is 59.2 Å². The highest BCUT2D eigenvalue weighted by Crippen LogP contribution is 2.36. The minimum Gasteiger partial charge on any atom is -0.537 e. The maximum absolute atomic E-state index is 9.06. The molecule has 0 saturated carbocycles. The van der Waals surface area contributed by atoms with Crippen LogP contribution in [0.1, 0.15) is 0 Å². The molecule has 0 aliphatic rings. The third-order valence-corrected chi connectivity index (χ3v) is 4.86. The van der Waals surface area contributed by atoms with Gasteiger partial charge in [-0.2, -0.15) is 0 Å². The summed E-state index contributed by atoms with van der Waals surface area (Å²) in [6.07, 6.45) is 0. The van der Waals surface area contributed by atoms with Gasteiger partial charge in [0.25, 0.3) is 0 Å². The molecule has 123 valence electrons. The smallest absolute Gasteiger partial charge is 0.537 e. The van der Waals surface area contributed by atoms with Crippen LogP contribution < -0.4 is 4.65 Å². The Labute approximate surface area is 151 Å². The van der Waals surface area contributed by atoms with Gasteiger partial charge in [-0.05, 0) is 24.3 Å². The molecule has 0 atom stereocenters. The minimum atomic E-state index is 0.632. The van der Waals surface area contributed by atoms with E-state index < -0.39 is 0 Å². The van der Waals surface area contributed by atoms with Gasteiger partial charge in [0.2, 0.25) is 0 Å². The maximum atomic E-state index is 9.06. The fraction of sp³-hybridized carbons (Fsp3) is 0. The van der Waals surface area contributed by atoms with E-state index in [1.54, 1.807) is 0 Å². The maximum Gasteiger partial charge on any atom is 0.569 e. The molecular weight excluding hydrogens is 321 g/mol. The van der Waals surface area contributed by atoms with Crippen molar-refractivity contribution in [2.24, 2.45) is 0 Å². The summed E-state index contributed by atoms with van der Waals surface area (Å²) in [5.41, 5.74) is 3.42. The second-order valence-electron chi connectivity index (χ2n) is 6.22. The topological polar surface area (TPSA) is 34.4 Å². The Bertz CT molecular complexity index is 1210. The predicted octanol–water partition coefficient (Wildman–Crippen LogP) is 4.84. The fourth-order valence-corrected chi connectivity index (χ4v) is 3.79. The number of nitrogens with zero attached hydrogens (tertiary/aromatic N) is 1. The van der Waals surface area contributed by atoms with Crippen molar-refractivity contribution in [3.05, 3.63) is 84.9 Å². The van der Waals surface area contributed by atoms with Crippen molar-refractivity contribution in [3.63, 3.8) is 0 Å². The van der Waals surface area contributed by atoms with E-state index in [1.807, 2.05) is 30.3 Å². The van der Waals surface area contributed by atoms with Gasteiger partial charge in [0.1, 0.15) is 5.75 Å². The Morgan fingerprint density at radius 3 is 1.77 bits per heavy atom. The summed E-state index contributed by atoms with van der Waals surface area (Å²) in [4.78, 5) is 0. The van der Waals surface area contributed by atoms with Crippen molar-refractivity contribution in [1.29, 1.82) is 0 Å². The second kappa shape index (κ2) is 5.93. The lowest BCUT2D eigenvalue weighted by Gasteiger charge is -2.14. The lowest BCUT2D eigenvalue weighted by atomic mass is 10.1. The lowest BCUT2D eigenvalue weighted by Crippen LogP contribution is -2.02. The second-order valence-corrected chi connectivity index (χ2v) is 6.22. The zero-order chi connectivity index (χ0) is 17.5. The first kappa shape index (κ1) is 15.1. The summed E-state index contributed by atoms with van der Waals surface area (Å²) in [7, 11) is 0.724. The first-order valence-corrected chi connectivity index (χ1v) is 8.51. The number of fused-ring (bicyclic) bond motifs is 4. The number of hydrogen-bond donors (Lipinski definition) is 1. The molecule has 1 heterocycles. The van der Waals surface area contributed by atoms with Crippen LogP contribution in [0.2, 0.25) is 0 Å². The molecule has 1 N–H and O–H groups in total. The van der Waals surface area contributed by atoms with Crippen molar-refractivity contribution in [2.75, 3.05) is 0 Å². The number of para-hydroxylation sites is 2. The van der Waals surface area contributed by atoms with Gasteiger partial charge in [0.05, 0.1) is 16.7 Å². The molecule has 1 aromatic heterocycles. The third-order valence-electron chi connectivity index (χ3n) is 4.86. The first-order valence-electron chi connectivity index (χ1n) is 8.51. The zero-order valence-electron chi connectivity index (χ0n) is 14.0. The standard InChI is InChI=1S/C22H15BNO2/c25-23-26-22-14-13-21(17-9-1-2-10-18(17)22)24-19-11-5-3-7-15(19)16-8-4-6-12-20(16)24/h1-14,25H. The molecule has 0 spiro atoms. The Balaban J connectivity index is 1.93. The summed E-state index contributed by atoms with van der Waals surface area (Å²) in [5.74, 6) is 0.632. The Morgan fingerprint density at radius 2 is 1.15 bits per heavy atom. The molecule has 0 unspecified atom stereocenters. The molecule has 5 aromatic rings. The Morgan fingerprint density at radius 1 is 0.615 bits per heavy atom. The van der Waals surface area contributed by atoms with Gasteiger partial charge in [-0.3, -0.25) is 0 Å². The van der Waals surface area contributed by atoms with Gasteiger partial charge in [0, 0.05) is 21.5 Å². The highest BCUT2D eigenvalue weighted by atomic mass is 16.5. The van der Waals surface area contributed by atoms with Crippen molar-refractivity contribution in [3.8, 4) is 11.4 Å². The van der Waals surface area contributed by atoms with E-state index in [9.17, 15) is 0 Å². The van der Waals surface area contributed by atoms with Gasteiger partial charge in [-0.1, -0.05) is 60.7 Å². The molecule has 0 aliphatic carbocycles. The predicted molar refractivity (Wildman–Crippen MR) is 107 cm³/mol. The molecular formula is C22H15BNO2. The van der Waals surface area contributed by atoms with Gasteiger partial charge in [0.15, 0.2) is 0 Å².